The van der Waals surface area contributed by atoms with Crippen LogP contribution in [-0.4, -0.2) is 36.5 Å². The van der Waals surface area contributed by atoms with Gasteiger partial charge in [-0.25, -0.2) is 0 Å². The average Bonchev–Trinajstić information content (AvgIpc) is 2.61. The van der Waals surface area contributed by atoms with Crippen molar-refractivity contribution >= 4 is 5.91 Å². The summed E-state index contributed by atoms with van der Waals surface area (Å²) < 4.78 is 0. The first-order valence-corrected chi connectivity index (χ1v) is 5.64. The second kappa shape index (κ2) is 4.79. The molecule has 3 heteroatoms. The molecule has 1 fully saturated rings. The van der Waals surface area contributed by atoms with E-state index in [0.717, 1.165) is 19.5 Å². The molecule has 0 bridgehead atoms. The van der Waals surface area contributed by atoms with Crippen molar-refractivity contribution < 1.29 is 4.79 Å². The summed E-state index contributed by atoms with van der Waals surface area (Å²) in [6, 6.07) is 0.243. The molecular formula is C12H22N2O. The van der Waals surface area contributed by atoms with E-state index in [9.17, 15) is 4.79 Å². The average molecular weight is 210 g/mol. The van der Waals surface area contributed by atoms with Gasteiger partial charge in [-0.15, -0.1) is 6.58 Å². The van der Waals surface area contributed by atoms with E-state index < -0.39 is 0 Å². The van der Waals surface area contributed by atoms with Crippen LogP contribution >= 0.6 is 0 Å². The lowest BCUT2D eigenvalue weighted by molar-refractivity contribution is -0.141. The second-order valence-electron chi connectivity index (χ2n) is 4.83. The minimum absolute atomic E-state index is 0.215. The van der Waals surface area contributed by atoms with Gasteiger partial charge in [0.05, 0.1) is 5.41 Å². The van der Waals surface area contributed by atoms with E-state index in [2.05, 4.69) is 11.9 Å². The Morgan fingerprint density at radius 3 is 2.73 bits per heavy atom. The number of amides is 1. The molecule has 1 amide bonds. The van der Waals surface area contributed by atoms with Gasteiger partial charge in [0.25, 0.3) is 0 Å². The van der Waals surface area contributed by atoms with E-state index in [0.29, 0.717) is 6.54 Å². The normalized spacial score (nSPS) is 25.6. The van der Waals surface area contributed by atoms with Crippen LogP contribution in [0.25, 0.3) is 0 Å². The lowest BCUT2D eigenvalue weighted by Crippen LogP contribution is -2.46. The molecule has 1 rings (SSSR count). The Balaban J connectivity index is 2.74. The fourth-order valence-corrected chi connectivity index (χ4v) is 2.01. The van der Waals surface area contributed by atoms with Crippen LogP contribution in [0.3, 0.4) is 0 Å². The largest absolute Gasteiger partial charge is 0.336 e. The number of carbonyl (C=O) groups excluding carboxylic acids is 1. The van der Waals surface area contributed by atoms with Crippen molar-refractivity contribution in [1.82, 2.24) is 10.2 Å². The molecule has 0 aromatic heterocycles. The third kappa shape index (κ3) is 2.59. The number of hydrogen-bond donors (Lipinski definition) is 1. The minimum Gasteiger partial charge on any atom is -0.336 e. The van der Waals surface area contributed by atoms with Gasteiger partial charge >= 0.3 is 0 Å². The SMILES string of the molecule is C=CCN(C(=O)C1(C)CCNC1)C(C)C. The van der Waals surface area contributed by atoms with Crippen molar-refractivity contribution in [3.05, 3.63) is 12.7 Å². The maximum atomic E-state index is 12.3. The summed E-state index contributed by atoms with van der Waals surface area (Å²) in [5, 5.41) is 3.26. The predicted molar refractivity (Wildman–Crippen MR) is 62.6 cm³/mol. The molecule has 1 aliphatic rings. The topological polar surface area (TPSA) is 32.3 Å². The van der Waals surface area contributed by atoms with Crippen LogP contribution in [0, 0.1) is 5.41 Å². The van der Waals surface area contributed by atoms with Crippen LogP contribution in [0.1, 0.15) is 27.2 Å². The Bertz CT molecular complexity index is 242. The molecule has 86 valence electrons. The highest BCUT2D eigenvalue weighted by Crippen LogP contribution is 2.27. The first-order valence-electron chi connectivity index (χ1n) is 5.64. The zero-order chi connectivity index (χ0) is 11.5. The summed E-state index contributed by atoms with van der Waals surface area (Å²) in [6.07, 6.45) is 2.73. The molecule has 0 aromatic rings. The number of hydrogen-bond acceptors (Lipinski definition) is 2. The van der Waals surface area contributed by atoms with Gasteiger partial charge in [-0.05, 0) is 33.7 Å². The zero-order valence-corrected chi connectivity index (χ0v) is 10.0. The molecule has 0 aromatic carbocycles. The van der Waals surface area contributed by atoms with Crippen LogP contribution in [0.2, 0.25) is 0 Å². The molecule has 1 unspecified atom stereocenters. The van der Waals surface area contributed by atoms with Crippen molar-refractivity contribution in [2.24, 2.45) is 5.41 Å². The zero-order valence-electron chi connectivity index (χ0n) is 10.0. The van der Waals surface area contributed by atoms with E-state index in [1.54, 1.807) is 6.08 Å². The first kappa shape index (κ1) is 12.2. The maximum absolute atomic E-state index is 12.3. The Morgan fingerprint density at radius 1 is 1.67 bits per heavy atom. The smallest absolute Gasteiger partial charge is 0.230 e. The number of carbonyl (C=O) groups is 1. The Kier molecular flexibility index (Phi) is 3.91. The third-order valence-corrected chi connectivity index (χ3v) is 3.10. The van der Waals surface area contributed by atoms with Crippen molar-refractivity contribution in [1.29, 1.82) is 0 Å². The second-order valence-corrected chi connectivity index (χ2v) is 4.83. The fraction of sp³-hybridized carbons (Fsp3) is 0.750. The van der Waals surface area contributed by atoms with Crippen molar-refractivity contribution in [3.63, 3.8) is 0 Å². The molecule has 1 atom stereocenters. The van der Waals surface area contributed by atoms with Crippen LogP contribution in [0.4, 0.5) is 0 Å². The van der Waals surface area contributed by atoms with Gasteiger partial charge < -0.3 is 10.2 Å². The van der Waals surface area contributed by atoms with Crippen LogP contribution in [0.15, 0.2) is 12.7 Å². The first-order chi connectivity index (χ1) is 7.01. The highest BCUT2D eigenvalue weighted by molar-refractivity contribution is 5.83. The number of nitrogens with one attached hydrogen (secondary N) is 1. The summed E-state index contributed by atoms with van der Waals surface area (Å²) in [6.45, 7) is 12.2. The number of rotatable bonds is 4. The molecule has 1 N–H and O–H groups in total. The van der Waals surface area contributed by atoms with Crippen molar-refractivity contribution in [2.45, 2.75) is 33.2 Å². The van der Waals surface area contributed by atoms with Crippen molar-refractivity contribution in [3.8, 4) is 0 Å². The Hall–Kier alpha value is -0.830. The van der Waals surface area contributed by atoms with Gasteiger partial charge in [0.2, 0.25) is 5.91 Å². The number of nitrogens with zero attached hydrogens (tertiary/aromatic N) is 1. The van der Waals surface area contributed by atoms with Crippen LogP contribution < -0.4 is 5.32 Å². The summed E-state index contributed by atoms with van der Waals surface area (Å²) in [4.78, 5) is 14.2. The maximum Gasteiger partial charge on any atom is 0.230 e. The Morgan fingerprint density at radius 2 is 2.33 bits per heavy atom. The molecule has 3 nitrogen and oxygen atoms in total. The highest BCUT2D eigenvalue weighted by Gasteiger charge is 2.39. The van der Waals surface area contributed by atoms with E-state index in [1.165, 1.54) is 0 Å². The minimum atomic E-state index is -0.215. The van der Waals surface area contributed by atoms with Crippen molar-refractivity contribution in [2.75, 3.05) is 19.6 Å². The molecule has 1 aliphatic heterocycles. The molecule has 15 heavy (non-hydrogen) atoms. The monoisotopic (exact) mass is 210 g/mol. The highest BCUT2D eigenvalue weighted by atomic mass is 16.2. The summed E-state index contributed by atoms with van der Waals surface area (Å²) in [5.74, 6) is 0.252. The summed E-state index contributed by atoms with van der Waals surface area (Å²) in [7, 11) is 0. The standard InChI is InChI=1S/C12H22N2O/c1-5-8-14(10(2)3)11(15)12(4)6-7-13-9-12/h5,10,13H,1,6-9H2,2-4H3. The van der Waals surface area contributed by atoms with Gasteiger partial charge in [0.15, 0.2) is 0 Å². The summed E-state index contributed by atoms with van der Waals surface area (Å²) >= 11 is 0. The molecule has 0 radical (unpaired) electrons. The molecular weight excluding hydrogens is 188 g/mol. The van der Waals surface area contributed by atoms with Crippen LogP contribution in [0.5, 0.6) is 0 Å². The van der Waals surface area contributed by atoms with E-state index >= 15 is 0 Å². The predicted octanol–water partition coefficient (Wildman–Crippen LogP) is 1.41. The molecule has 1 heterocycles. The van der Waals surface area contributed by atoms with Gasteiger partial charge in [0.1, 0.15) is 0 Å². The van der Waals surface area contributed by atoms with Gasteiger partial charge in [0, 0.05) is 19.1 Å². The van der Waals surface area contributed by atoms with E-state index in [4.69, 9.17) is 0 Å². The quantitative estimate of drug-likeness (QED) is 0.712. The molecule has 0 spiro atoms. The lowest BCUT2D eigenvalue weighted by atomic mass is 9.87. The van der Waals surface area contributed by atoms with E-state index in [-0.39, 0.29) is 17.4 Å². The summed E-state index contributed by atoms with van der Waals surface area (Å²) in [5.41, 5.74) is -0.215. The molecule has 0 aliphatic carbocycles. The van der Waals surface area contributed by atoms with Gasteiger partial charge in [-0.1, -0.05) is 6.08 Å². The molecule has 0 saturated carbocycles. The molecule has 1 saturated heterocycles. The third-order valence-electron chi connectivity index (χ3n) is 3.10. The Labute approximate surface area is 92.5 Å². The van der Waals surface area contributed by atoms with Gasteiger partial charge in [-0.2, -0.15) is 0 Å². The van der Waals surface area contributed by atoms with Gasteiger partial charge in [-0.3, -0.25) is 4.79 Å². The lowest BCUT2D eigenvalue weighted by Gasteiger charge is -2.33. The van der Waals surface area contributed by atoms with Crippen LogP contribution in [-0.2, 0) is 4.79 Å². The van der Waals surface area contributed by atoms with E-state index in [1.807, 2.05) is 25.7 Å². The fourth-order valence-electron chi connectivity index (χ4n) is 2.01.